The maximum absolute atomic E-state index is 11.8. The van der Waals surface area contributed by atoms with E-state index < -0.39 is 9.84 Å². The van der Waals surface area contributed by atoms with Crippen LogP contribution in [0.2, 0.25) is 0 Å². The van der Waals surface area contributed by atoms with Crippen LogP contribution in [0, 0.1) is 5.41 Å². The summed E-state index contributed by atoms with van der Waals surface area (Å²) in [5.41, 5.74) is 0.759. The highest BCUT2D eigenvalue weighted by atomic mass is 32.2. The zero-order valence-corrected chi connectivity index (χ0v) is 13.3. The van der Waals surface area contributed by atoms with Gasteiger partial charge in [0.2, 0.25) is 0 Å². The van der Waals surface area contributed by atoms with E-state index >= 15 is 0 Å². The number of methoxy groups -OCH3 is 2. The van der Waals surface area contributed by atoms with E-state index in [0.29, 0.717) is 16.7 Å². The van der Waals surface area contributed by atoms with Gasteiger partial charge in [-0.25, -0.2) is 8.42 Å². The van der Waals surface area contributed by atoms with Gasteiger partial charge in [-0.3, -0.25) is 5.41 Å². The summed E-state index contributed by atoms with van der Waals surface area (Å²) in [6.07, 6.45) is 0. The number of anilines is 1. The summed E-state index contributed by atoms with van der Waals surface area (Å²) >= 11 is 1.32. The number of amidine groups is 1. The Kier molecular flexibility index (Phi) is 3.53. The molecule has 6 nitrogen and oxygen atoms in total. The number of fused-ring (bicyclic) bond motifs is 1. The molecule has 0 bridgehead atoms. The molecule has 21 heavy (non-hydrogen) atoms. The first kappa shape index (κ1) is 14.5. The quantitative estimate of drug-likeness (QED) is 0.902. The summed E-state index contributed by atoms with van der Waals surface area (Å²) in [5.74, 6) is 1.42. The van der Waals surface area contributed by atoms with Gasteiger partial charge in [-0.2, -0.15) is 0 Å². The molecule has 2 heterocycles. The maximum atomic E-state index is 11.8. The minimum atomic E-state index is -3.01. The van der Waals surface area contributed by atoms with Crippen molar-refractivity contribution in [2.75, 3.05) is 30.6 Å². The number of hydrogen-bond donors (Lipinski definition) is 1. The molecule has 1 N–H and O–H groups in total. The van der Waals surface area contributed by atoms with Crippen molar-refractivity contribution in [2.45, 2.75) is 11.3 Å². The molecule has 0 aromatic heterocycles. The van der Waals surface area contributed by atoms with Crippen LogP contribution in [0.1, 0.15) is 0 Å². The first-order valence-corrected chi connectivity index (χ1v) is 9.12. The molecule has 114 valence electrons. The van der Waals surface area contributed by atoms with Crippen LogP contribution in [0.4, 0.5) is 5.69 Å². The molecule has 2 atom stereocenters. The zero-order valence-electron chi connectivity index (χ0n) is 11.7. The normalized spacial score (nSPS) is 26.8. The lowest BCUT2D eigenvalue weighted by atomic mass is 10.2. The molecule has 1 aromatic rings. The summed E-state index contributed by atoms with van der Waals surface area (Å²) in [6.45, 7) is 0. The van der Waals surface area contributed by atoms with E-state index in [-0.39, 0.29) is 22.8 Å². The van der Waals surface area contributed by atoms with E-state index in [4.69, 9.17) is 14.9 Å². The molecule has 0 aliphatic carbocycles. The molecule has 0 amide bonds. The molecule has 2 fully saturated rings. The lowest BCUT2D eigenvalue weighted by molar-refractivity contribution is 0.355. The Bertz CT molecular complexity index is 689. The average Bonchev–Trinajstić information content (AvgIpc) is 2.88. The highest BCUT2D eigenvalue weighted by molar-refractivity contribution is 8.15. The van der Waals surface area contributed by atoms with E-state index in [1.165, 1.54) is 11.8 Å². The molecule has 0 spiro atoms. The van der Waals surface area contributed by atoms with Crippen LogP contribution < -0.4 is 14.4 Å². The lowest BCUT2D eigenvalue weighted by Crippen LogP contribution is -2.37. The third kappa shape index (κ3) is 2.46. The maximum Gasteiger partial charge on any atom is 0.162 e. The van der Waals surface area contributed by atoms with Crippen LogP contribution in [0.5, 0.6) is 11.5 Å². The predicted molar refractivity (Wildman–Crippen MR) is 83.6 cm³/mol. The van der Waals surface area contributed by atoms with Crippen LogP contribution in [-0.4, -0.2) is 50.6 Å². The summed E-state index contributed by atoms with van der Waals surface area (Å²) in [4.78, 5) is 1.78. The largest absolute Gasteiger partial charge is 0.493 e. The SMILES string of the molecule is COc1ccc(N2C(=N)S[C@H]3CS(=O)(=O)C[C@@H]32)cc1OC. The molecule has 0 radical (unpaired) electrons. The first-order chi connectivity index (χ1) is 9.95. The van der Waals surface area contributed by atoms with Gasteiger partial charge in [-0.1, -0.05) is 11.8 Å². The molecular weight excluding hydrogens is 312 g/mol. The van der Waals surface area contributed by atoms with Crippen LogP contribution in [0.25, 0.3) is 0 Å². The Hall–Kier alpha value is -1.41. The van der Waals surface area contributed by atoms with Gasteiger partial charge in [0.05, 0.1) is 31.8 Å². The second kappa shape index (κ2) is 5.10. The highest BCUT2D eigenvalue weighted by Gasteiger charge is 2.48. The number of rotatable bonds is 3. The Morgan fingerprint density at radius 2 is 1.95 bits per heavy atom. The zero-order chi connectivity index (χ0) is 15.2. The molecular formula is C13H16N2O4S2. The van der Waals surface area contributed by atoms with Crippen molar-refractivity contribution in [3.05, 3.63) is 18.2 Å². The molecule has 8 heteroatoms. The minimum absolute atomic E-state index is 0.0596. The van der Waals surface area contributed by atoms with E-state index in [0.717, 1.165) is 5.69 Å². The number of benzene rings is 1. The average molecular weight is 328 g/mol. The smallest absolute Gasteiger partial charge is 0.162 e. The number of ether oxygens (including phenoxy) is 2. The number of sulfone groups is 1. The van der Waals surface area contributed by atoms with Gasteiger partial charge in [0.25, 0.3) is 0 Å². The van der Waals surface area contributed by atoms with E-state index in [2.05, 4.69) is 0 Å². The van der Waals surface area contributed by atoms with Gasteiger partial charge in [0, 0.05) is 17.0 Å². The molecule has 0 unspecified atom stereocenters. The number of nitrogens with one attached hydrogen (secondary N) is 1. The van der Waals surface area contributed by atoms with Crippen molar-refractivity contribution in [1.29, 1.82) is 5.41 Å². The van der Waals surface area contributed by atoms with Crippen molar-refractivity contribution in [3.63, 3.8) is 0 Å². The number of hydrogen-bond acceptors (Lipinski definition) is 6. The predicted octanol–water partition coefficient (Wildman–Crippen LogP) is 1.36. The summed E-state index contributed by atoms with van der Waals surface area (Å²) < 4.78 is 34.1. The molecule has 3 rings (SSSR count). The second-order valence-corrected chi connectivity index (χ2v) is 8.40. The van der Waals surface area contributed by atoms with Crippen molar-refractivity contribution in [1.82, 2.24) is 0 Å². The van der Waals surface area contributed by atoms with Gasteiger partial charge in [0.15, 0.2) is 26.5 Å². The minimum Gasteiger partial charge on any atom is -0.493 e. The lowest BCUT2D eigenvalue weighted by Gasteiger charge is -2.24. The monoisotopic (exact) mass is 328 g/mol. The van der Waals surface area contributed by atoms with Gasteiger partial charge in [0.1, 0.15) is 0 Å². The van der Waals surface area contributed by atoms with Crippen molar-refractivity contribution in [2.24, 2.45) is 0 Å². The van der Waals surface area contributed by atoms with Gasteiger partial charge in [-0.05, 0) is 12.1 Å². The fourth-order valence-electron chi connectivity index (χ4n) is 2.78. The van der Waals surface area contributed by atoms with Crippen molar-refractivity contribution < 1.29 is 17.9 Å². The van der Waals surface area contributed by atoms with Gasteiger partial charge >= 0.3 is 0 Å². The second-order valence-electron chi connectivity index (χ2n) is 5.01. The van der Waals surface area contributed by atoms with Crippen LogP contribution in [0.3, 0.4) is 0 Å². The van der Waals surface area contributed by atoms with E-state index in [9.17, 15) is 8.42 Å². The Morgan fingerprint density at radius 1 is 1.24 bits per heavy atom. The van der Waals surface area contributed by atoms with E-state index in [1.54, 1.807) is 31.3 Å². The van der Waals surface area contributed by atoms with Crippen LogP contribution in [-0.2, 0) is 9.84 Å². The Balaban J connectivity index is 1.98. The molecule has 0 saturated carbocycles. The summed E-state index contributed by atoms with van der Waals surface area (Å²) in [5, 5.41) is 8.44. The van der Waals surface area contributed by atoms with Crippen molar-refractivity contribution >= 4 is 32.5 Å². The summed E-state index contributed by atoms with van der Waals surface area (Å²) in [6, 6.07) is 5.19. The highest BCUT2D eigenvalue weighted by Crippen LogP contribution is 2.42. The topological polar surface area (TPSA) is 79.7 Å². The van der Waals surface area contributed by atoms with Crippen molar-refractivity contribution in [3.8, 4) is 11.5 Å². The third-order valence-electron chi connectivity index (χ3n) is 3.73. The first-order valence-electron chi connectivity index (χ1n) is 6.42. The number of nitrogens with zero attached hydrogens (tertiary/aromatic N) is 1. The van der Waals surface area contributed by atoms with E-state index in [1.807, 2.05) is 6.07 Å². The fourth-order valence-corrected chi connectivity index (χ4v) is 6.58. The molecule has 1 aromatic carbocycles. The molecule has 2 aliphatic rings. The Morgan fingerprint density at radius 3 is 2.62 bits per heavy atom. The summed E-state index contributed by atoms with van der Waals surface area (Å²) in [7, 11) is 0.0970. The fraction of sp³-hybridized carbons (Fsp3) is 0.462. The van der Waals surface area contributed by atoms with Crippen LogP contribution in [0.15, 0.2) is 18.2 Å². The number of thioether (sulfide) groups is 1. The van der Waals surface area contributed by atoms with Gasteiger partial charge in [-0.15, -0.1) is 0 Å². The molecule has 2 saturated heterocycles. The third-order valence-corrected chi connectivity index (χ3v) is 6.86. The standard InChI is InChI=1S/C13H16N2O4S2/c1-18-10-4-3-8(5-11(10)19-2)15-9-6-21(16,17)7-12(9)20-13(15)14/h3-5,9,12,14H,6-7H2,1-2H3/t9-,12-/m0/s1. The Labute approximate surface area is 127 Å². The molecule has 2 aliphatic heterocycles. The van der Waals surface area contributed by atoms with Gasteiger partial charge < -0.3 is 14.4 Å². The van der Waals surface area contributed by atoms with Crippen LogP contribution >= 0.6 is 11.8 Å².